The average Bonchev–Trinajstić information content (AvgIpc) is 3.03. The van der Waals surface area contributed by atoms with Crippen molar-refractivity contribution in [3.8, 4) is 0 Å². The molecule has 0 spiro atoms. The predicted octanol–water partition coefficient (Wildman–Crippen LogP) is 5.10. The van der Waals surface area contributed by atoms with Crippen molar-refractivity contribution in [3.63, 3.8) is 0 Å². The third kappa shape index (κ3) is 3.47. The maximum Gasteiger partial charge on any atom is 0.259 e. The van der Waals surface area contributed by atoms with Gasteiger partial charge in [-0.15, -0.1) is 0 Å². The number of hydrogen-bond acceptors (Lipinski definition) is 4. The van der Waals surface area contributed by atoms with Crippen LogP contribution < -0.4 is 4.90 Å². The van der Waals surface area contributed by atoms with Crippen molar-refractivity contribution in [1.29, 1.82) is 0 Å². The van der Waals surface area contributed by atoms with E-state index in [9.17, 15) is 4.79 Å². The summed E-state index contributed by atoms with van der Waals surface area (Å²) >= 11 is 0. The van der Waals surface area contributed by atoms with Crippen LogP contribution in [0.4, 0.5) is 5.69 Å². The maximum atomic E-state index is 13.5. The quantitative estimate of drug-likeness (QED) is 0.620. The Morgan fingerprint density at radius 1 is 1.23 bits per heavy atom. The lowest BCUT2D eigenvalue weighted by atomic mass is 10.0. The zero-order valence-electron chi connectivity index (χ0n) is 15.8. The van der Waals surface area contributed by atoms with Crippen LogP contribution in [0.25, 0.3) is 11.1 Å². The Morgan fingerprint density at radius 3 is 2.62 bits per heavy atom. The number of para-hydroxylation sites is 1. The van der Waals surface area contributed by atoms with Gasteiger partial charge in [0.1, 0.15) is 0 Å². The number of hydrogen-bond donors (Lipinski definition) is 0. The third-order valence-electron chi connectivity index (χ3n) is 4.51. The first kappa shape index (κ1) is 18.1. The summed E-state index contributed by atoms with van der Waals surface area (Å²) in [4.78, 5) is 19.9. The first-order chi connectivity index (χ1) is 12.5. The topological polar surface area (TPSA) is 59.2 Å². The van der Waals surface area contributed by atoms with E-state index in [1.165, 1.54) is 0 Å². The molecular formula is C21H25N3O2. The molecule has 1 amide bonds. The molecule has 1 aromatic carbocycles. The molecule has 0 bridgehead atoms. The van der Waals surface area contributed by atoms with Gasteiger partial charge in [0.25, 0.3) is 11.6 Å². The van der Waals surface area contributed by atoms with Gasteiger partial charge in [0, 0.05) is 17.9 Å². The summed E-state index contributed by atoms with van der Waals surface area (Å²) in [5, 5.41) is 4.73. The molecule has 2 aromatic heterocycles. The Bertz CT molecular complexity index is 900. The minimum Gasteiger partial charge on any atom is -0.336 e. The van der Waals surface area contributed by atoms with Gasteiger partial charge in [-0.3, -0.25) is 4.79 Å². The molecule has 5 heteroatoms. The van der Waals surface area contributed by atoms with Crippen molar-refractivity contribution in [2.24, 2.45) is 0 Å². The van der Waals surface area contributed by atoms with Crippen molar-refractivity contribution in [2.45, 2.75) is 46.5 Å². The number of anilines is 1. The van der Waals surface area contributed by atoms with E-state index in [0.29, 0.717) is 28.9 Å². The minimum absolute atomic E-state index is 0.0368. The van der Waals surface area contributed by atoms with Crippen molar-refractivity contribution in [1.82, 2.24) is 10.1 Å². The number of amides is 1. The van der Waals surface area contributed by atoms with Crippen LogP contribution in [-0.2, 0) is 0 Å². The summed E-state index contributed by atoms with van der Waals surface area (Å²) in [5.74, 6) is 0.155. The summed E-state index contributed by atoms with van der Waals surface area (Å²) in [6.07, 6.45) is 1.96. The zero-order valence-corrected chi connectivity index (χ0v) is 15.8. The molecule has 3 aromatic rings. The standard InChI is InChI=1S/C21H25N3O2/c1-5-6-12-24(16-10-8-7-9-11-16)21(25)17-13-18(14(2)3)22-20-19(17)15(4)23-26-20/h7-11,13-14H,5-6,12H2,1-4H3. The van der Waals surface area contributed by atoms with Gasteiger partial charge in [0.05, 0.1) is 16.6 Å². The van der Waals surface area contributed by atoms with Gasteiger partial charge in [-0.1, -0.05) is 50.5 Å². The molecule has 0 radical (unpaired) electrons. The van der Waals surface area contributed by atoms with Gasteiger partial charge < -0.3 is 9.42 Å². The van der Waals surface area contributed by atoms with Gasteiger partial charge in [-0.25, -0.2) is 4.98 Å². The number of unbranched alkanes of at least 4 members (excludes halogenated alkanes) is 1. The minimum atomic E-state index is -0.0368. The fraction of sp³-hybridized carbons (Fsp3) is 0.381. The van der Waals surface area contributed by atoms with Gasteiger partial charge in [-0.05, 0) is 37.5 Å². The Hall–Kier alpha value is -2.69. The van der Waals surface area contributed by atoms with Gasteiger partial charge in [0.2, 0.25) is 0 Å². The number of aromatic nitrogens is 2. The second-order valence-electron chi connectivity index (χ2n) is 6.84. The fourth-order valence-electron chi connectivity index (χ4n) is 3.00. The van der Waals surface area contributed by atoms with Gasteiger partial charge in [0.15, 0.2) is 0 Å². The molecule has 0 aliphatic heterocycles. The van der Waals surface area contributed by atoms with E-state index in [1.807, 2.05) is 48.2 Å². The first-order valence-corrected chi connectivity index (χ1v) is 9.16. The van der Waals surface area contributed by atoms with E-state index >= 15 is 0 Å². The van der Waals surface area contributed by atoms with Crippen molar-refractivity contribution >= 4 is 22.7 Å². The summed E-state index contributed by atoms with van der Waals surface area (Å²) in [6.45, 7) is 8.75. The van der Waals surface area contributed by atoms with Crippen LogP contribution in [-0.4, -0.2) is 22.6 Å². The van der Waals surface area contributed by atoms with E-state index in [0.717, 1.165) is 24.2 Å². The number of rotatable bonds is 6. The SMILES string of the molecule is CCCCN(C(=O)c1cc(C(C)C)nc2onc(C)c12)c1ccccc1. The van der Waals surface area contributed by atoms with E-state index in [4.69, 9.17) is 4.52 Å². The number of carbonyl (C=O) groups excluding carboxylic acids is 1. The monoisotopic (exact) mass is 351 g/mol. The number of benzene rings is 1. The fourth-order valence-corrected chi connectivity index (χ4v) is 3.00. The molecule has 2 heterocycles. The Morgan fingerprint density at radius 2 is 1.96 bits per heavy atom. The van der Waals surface area contributed by atoms with Crippen molar-refractivity contribution < 1.29 is 9.32 Å². The zero-order chi connectivity index (χ0) is 18.7. The van der Waals surface area contributed by atoms with Gasteiger partial charge >= 0.3 is 0 Å². The van der Waals surface area contributed by atoms with Crippen LogP contribution in [0.1, 0.15) is 61.3 Å². The molecule has 0 saturated heterocycles. The Labute approximate surface area is 154 Å². The number of fused-ring (bicyclic) bond motifs is 1. The second kappa shape index (κ2) is 7.68. The van der Waals surface area contributed by atoms with Crippen LogP contribution in [0.2, 0.25) is 0 Å². The van der Waals surface area contributed by atoms with Gasteiger partial charge in [-0.2, -0.15) is 0 Å². The summed E-state index contributed by atoms with van der Waals surface area (Å²) in [6, 6.07) is 11.7. The predicted molar refractivity (Wildman–Crippen MR) is 104 cm³/mol. The average molecular weight is 351 g/mol. The normalized spacial score (nSPS) is 11.3. The summed E-state index contributed by atoms with van der Waals surface area (Å²) < 4.78 is 5.37. The molecule has 136 valence electrons. The Balaban J connectivity index is 2.13. The highest BCUT2D eigenvalue weighted by atomic mass is 16.5. The van der Waals surface area contributed by atoms with Crippen LogP contribution >= 0.6 is 0 Å². The molecule has 3 rings (SSSR count). The molecule has 0 aliphatic rings. The van der Waals surface area contributed by atoms with Crippen molar-refractivity contribution in [2.75, 3.05) is 11.4 Å². The molecule has 5 nitrogen and oxygen atoms in total. The second-order valence-corrected chi connectivity index (χ2v) is 6.84. The highest BCUT2D eigenvalue weighted by Crippen LogP contribution is 2.28. The Kier molecular flexibility index (Phi) is 5.35. The lowest BCUT2D eigenvalue weighted by Crippen LogP contribution is -2.32. The first-order valence-electron chi connectivity index (χ1n) is 9.16. The number of carbonyl (C=O) groups is 1. The molecule has 0 fully saturated rings. The molecule has 0 saturated carbocycles. The van der Waals surface area contributed by atoms with Crippen LogP contribution in [0, 0.1) is 6.92 Å². The lowest BCUT2D eigenvalue weighted by molar-refractivity contribution is 0.0988. The number of pyridine rings is 1. The number of nitrogens with zero attached hydrogens (tertiary/aromatic N) is 3. The molecule has 0 aliphatic carbocycles. The van der Waals surface area contributed by atoms with Crippen LogP contribution in [0.3, 0.4) is 0 Å². The molecule has 0 unspecified atom stereocenters. The maximum absolute atomic E-state index is 13.5. The van der Waals surface area contributed by atoms with E-state index < -0.39 is 0 Å². The largest absolute Gasteiger partial charge is 0.336 e. The lowest BCUT2D eigenvalue weighted by Gasteiger charge is -2.23. The molecular weight excluding hydrogens is 326 g/mol. The van der Waals surface area contributed by atoms with E-state index in [1.54, 1.807) is 0 Å². The van der Waals surface area contributed by atoms with Crippen LogP contribution in [0.5, 0.6) is 0 Å². The van der Waals surface area contributed by atoms with E-state index in [2.05, 4.69) is 30.9 Å². The molecule has 0 atom stereocenters. The smallest absolute Gasteiger partial charge is 0.259 e. The third-order valence-corrected chi connectivity index (χ3v) is 4.51. The van der Waals surface area contributed by atoms with E-state index in [-0.39, 0.29) is 11.8 Å². The highest BCUT2D eigenvalue weighted by molar-refractivity contribution is 6.13. The summed E-state index contributed by atoms with van der Waals surface area (Å²) in [5.41, 5.74) is 3.46. The van der Waals surface area contributed by atoms with Crippen LogP contribution in [0.15, 0.2) is 40.9 Å². The van der Waals surface area contributed by atoms with Crippen molar-refractivity contribution in [3.05, 3.63) is 53.3 Å². The summed E-state index contributed by atoms with van der Waals surface area (Å²) in [7, 11) is 0. The molecule has 26 heavy (non-hydrogen) atoms. The highest BCUT2D eigenvalue weighted by Gasteiger charge is 2.24. The molecule has 0 N–H and O–H groups in total. The number of aryl methyl sites for hydroxylation is 1.